The van der Waals surface area contributed by atoms with E-state index in [1.54, 1.807) is 0 Å². The van der Waals surface area contributed by atoms with Gasteiger partial charge in [0.15, 0.2) is 0 Å². The molecule has 12 rings (SSSR count). The van der Waals surface area contributed by atoms with E-state index in [0.717, 1.165) is 22.7 Å². The van der Waals surface area contributed by atoms with E-state index < -0.39 is 5.41 Å². The maximum Gasteiger partial charge on any atom is 0.0714 e. The van der Waals surface area contributed by atoms with Gasteiger partial charge in [-0.05, 0) is 94.5 Å². The standard InChI is InChI=1S/C55H36N2S/c1-3-16-37(17-4-1)55(38-18-5-2-6-19-38)47-24-11-7-23-45(47)54-48(55)25-15-28-51(54)56(41-34-35-53-46(36-41)44-22-10-14-29-52(44)58-53)39-30-32-40(33-31-39)57-49-26-12-8-20-42(49)43-21-9-13-27-50(43)57/h1-36H. The van der Waals surface area contributed by atoms with E-state index in [9.17, 15) is 0 Å². The largest absolute Gasteiger partial charge is 0.310 e. The molecule has 0 saturated carbocycles. The molecule has 272 valence electrons. The van der Waals surface area contributed by atoms with E-state index in [0.29, 0.717) is 0 Å². The Balaban J connectivity index is 1.13. The van der Waals surface area contributed by atoms with Crippen LogP contribution in [0.4, 0.5) is 17.1 Å². The summed E-state index contributed by atoms with van der Waals surface area (Å²) in [6, 6.07) is 80.6. The minimum Gasteiger partial charge on any atom is -0.310 e. The number of benzene rings is 9. The number of anilines is 3. The highest BCUT2D eigenvalue weighted by Crippen LogP contribution is 2.59. The number of rotatable bonds is 6. The summed E-state index contributed by atoms with van der Waals surface area (Å²) in [5, 5.41) is 5.10. The minimum absolute atomic E-state index is 0.496. The lowest BCUT2D eigenvalue weighted by molar-refractivity contribution is 0.768. The quantitative estimate of drug-likeness (QED) is 0.164. The molecule has 0 radical (unpaired) electrons. The highest BCUT2D eigenvalue weighted by molar-refractivity contribution is 7.25. The first-order chi connectivity index (χ1) is 28.8. The van der Waals surface area contributed by atoms with Crippen molar-refractivity contribution in [3.63, 3.8) is 0 Å². The fourth-order valence-electron chi connectivity index (χ4n) is 9.89. The lowest BCUT2D eigenvalue weighted by Crippen LogP contribution is -2.28. The lowest BCUT2D eigenvalue weighted by atomic mass is 9.68. The van der Waals surface area contributed by atoms with Crippen molar-refractivity contribution in [2.75, 3.05) is 4.90 Å². The molecule has 0 spiro atoms. The average molecular weight is 757 g/mol. The molecule has 0 N–H and O–H groups in total. The highest BCUT2D eigenvalue weighted by Gasteiger charge is 2.47. The first-order valence-electron chi connectivity index (χ1n) is 19.9. The van der Waals surface area contributed by atoms with Gasteiger partial charge in [-0.2, -0.15) is 0 Å². The fourth-order valence-corrected chi connectivity index (χ4v) is 11.0. The lowest BCUT2D eigenvalue weighted by Gasteiger charge is -2.34. The molecule has 11 aromatic rings. The Bertz CT molecular complexity index is 3250. The van der Waals surface area contributed by atoms with Gasteiger partial charge in [-0.3, -0.25) is 0 Å². The van der Waals surface area contributed by atoms with Crippen molar-refractivity contribution in [3.05, 3.63) is 241 Å². The number of hydrogen-bond acceptors (Lipinski definition) is 2. The van der Waals surface area contributed by atoms with Crippen molar-refractivity contribution in [1.29, 1.82) is 0 Å². The highest BCUT2D eigenvalue weighted by atomic mass is 32.1. The van der Waals surface area contributed by atoms with Crippen molar-refractivity contribution in [1.82, 2.24) is 4.57 Å². The zero-order chi connectivity index (χ0) is 38.2. The molecule has 2 heterocycles. The Hall–Kier alpha value is -7.20. The second-order valence-electron chi connectivity index (χ2n) is 15.2. The molecule has 0 aliphatic heterocycles. The molecule has 2 nitrogen and oxygen atoms in total. The van der Waals surface area contributed by atoms with Gasteiger partial charge in [0.05, 0.1) is 22.1 Å². The molecule has 2 aromatic heterocycles. The predicted octanol–water partition coefficient (Wildman–Crippen LogP) is 15.0. The van der Waals surface area contributed by atoms with Gasteiger partial charge in [0.2, 0.25) is 0 Å². The van der Waals surface area contributed by atoms with E-state index in [-0.39, 0.29) is 0 Å². The van der Waals surface area contributed by atoms with Crippen LogP contribution in [0.15, 0.2) is 218 Å². The summed E-state index contributed by atoms with van der Waals surface area (Å²) in [5.74, 6) is 0. The monoisotopic (exact) mass is 756 g/mol. The molecule has 0 saturated heterocycles. The fraction of sp³-hybridized carbons (Fsp3) is 0.0182. The van der Waals surface area contributed by atoms with Crippen LogP contribution < -0.4 is 4.90 Å². The van der Waals surface area contributed by atoms with E-state index in [1.165, 1.54) is 75.4 Å². The smallest absolute Gasteiger partial charge is 0.0714 e. The molecule has 0 amide bonds. The third-order valence-electron chi connectivity index (χ3n) is 12.3. The van der Waals surface area contributed by atoms with Crippen LogP contribution in [-0.4, -0.2) is 4.57 Å². The number of hydrogen-bond donors (Lipinski definition) is 0. The van der Waals surface area contributed by atoms with Crippen molar-refractivity contribution in [2.45, 2.75) is 5.41 Å². The Kier molecular flexibility index (Phi) is 7.35. The van der Waals surface area contributed by atoms with Gasteiger partial charge in [0.1, 0.15) is 0 Å². The Morgan fingerprint density at radius 3 is 1.66 bits per heavy atom. The van der Waals surface area contributed by atoms with E-state index in [1.807, 2.05) is 11.3 Å². The second kappa shape index (κ2) is 12.9. The first-order valence-corrected chi connectivity index (χ1v) is 20.8. The number of thiophene rings is 1. The van der Waals surface area contributed by atoms with Gasteiger partial charge in [-0.1, -0.05) is 152 Å². The zero-order valence-corrected chi connectivity index (χ0v) is 32.4. The zero-order valence-electron chi connectivity index (χ0n) is 31.6. The van der Waals surface area contributed by atoms with Gasteiger partial charge >= 0.3 is 0 Å². The Morgan fingerprint density at radius 1 is 0.397 bits per heavy atom. The molecule has 0 atom stereocenters. The molecule has 0 unspecified atom stereocenters. The van der Waals surface area contributed by atoms with Crippen LogP contribution in [0.3, 0.4) is 0 Å². The average Bonchev–Trinajstić information content (AvgIpc) is 3.94. The van der Waals surface area contributed by atoms with Crippen LogP contribution >= 0.6 is 11.3 Å². The molecule has 0 fully saturated rings. The van der Waals surface area contributed by atoms with Crippen molar-refractivity contribution >= 4 is 70.4 Å². The maximum atomic E-state index is 2.49. The number of aromatic nitrogens is 1. The summed E-state index contributed by atoms with van der Waals surface area (Å²) in [6.07, 6.45) is 0. The second-order valence-corrected chi connectivity index (χ2v) is 16.3. The van der Waals surface area contributed by atoms with E-state index >= 15 is 0 Å². The van der Waals surface area contributed by atoms with Crippen LogP contribution in [0.25, 0.3) is 58.8 Å². The predicted molar refractivity (Wildman–Crippen MR) is 246 cm³/mol. The van der Waals surface area contributed by atoms with Gasteiger partial charge in [-0.15, -0.1) is 11.3 Å². The summed E-state index contributed by atoms with van der Waals surface area (Å²) in [6.45, 7) is 0. The number of fused-ring (bicyclic) bond motifs is 9. The molecule has 0 bridgehead atoms. The summed E-state index contributed by atoms with van der Waals surface area (Å²) in [7, 11) is 0. The topological polar surface area (TPSA) is 8.17 Å². The molecular weight excluding hydrogens is 721 g/mol. The normalized spacial score (nSPS) is 13.0. The first kappa shape index (κ1) is 33.0. The van der Waals surface area contributed by atoms with E-state index in [4.69, 9.17) is 0 Å². The summed E-state index contributed by atoms with van der Waals surface area (Å²) in [4.78, 5) is 2.49. The summed E-state index contributed by atoms with van der Waals surface area (Å²) >= 11 is 1.86. The van der Waals surface area contributed by atoms with Crippen LogP contribution in [0.2, 0.25) is 0 Å². The van der Waals surface area contributed by atoms with Crippen molar-refractivity contribution in [2.24, 2.45) is 0 Å². The molecule has 1 aliphatic carbocycles. The van der Waals surface area contributed by atoms with Crippen LogP contribution in [0.1, 0.15) is 22.3 Å². The molecule has 3 heteroatoms. The van der Waals surface area contributed by atoms with Crippen LogP contribution in [-0.2, 0) is 5.41 Å². The Labute approximate surface area is 341 Å². The third-order valence-corrected chi connectivity index (χ3v) is 13.4. The molecule has 9 aromatic carbocycles. The molecule has 1 aliphatic rings. The SMILES string of the molecule is c1ccc(C2(c3ccccc3)c3ccccc3-c3c(N(c4ccc(-n5c6ccccc6c6ccccc65)cc4)c4ccc5sc6ccccc6c5c4)cccc32)cc1. The summed E-state index contributed by atoms with van der Waals surface area (Å²) in [5.41, 5.74) is 14.1. The van der Waals surface area contributed by atoms with Gasteiger partial charge < -0.3 is 9.47 Å². The maximum absolute atomic E-state index is 2.49. The molecular formula is C55H36N2S. The van der Waals surface area contributed by atoms with Crippen molar-refractivity contribution in [3.8, 4) is 16.8 Å². The minimum atomic E-state index is -0.496. The van der Waals surface area contributed by atoms with Gasteiger partial charge in [-0.25, -0.2) is 0 Å². The van der Waals surface area contributed by atoms with Crippen LogP contribution in [0, 0.1) is 0 Å². The van der Waals surface area contributed by atoms with Crippen molar-refractivity contribution < 1.29 is 0 Å². The Morgan fingerprint density at radius 2 is 0.948 bits per heavy atom. The molecule has 58 heavy (non-hydrogen) atoms. The summed E-state index contributed by atoms with van der Waals surface area (Å²) < 4.78 is 5.00. The number of nitrogens with zero attached hydrogens (tertiary/aromatic N) is 2. The third kappa shape index (κ3) is 4.71. The van der Waals surface area contributed by atoms with Crippen LogP contribution in [0.5, 0.6) is 0 Å². The number of para-hydroxylation sites is 2. The van der Waals surface area contributed by atoms with Gasteiger partial charge in [0, 0.05) is 53.6 Å². The van der Waals surface area contributed by atoms with E-state index in [2.05, 4.69) is 228 Å². The van der Waals surface area contributed by atoms with Gasteiger partial charge in [0.25, 0.3) is 0 Å².